The highest BCUT2D eigenvalue weighted by Crippen LogP contribution is 2.24. The SMILES string of the molecule is CCOC(=O)/C(C#N)=C1\C=C(NCc2ccccc2)CCC1. The molecule has 0 saturated heterocycles. The number of allylic oxidation sites excluding steroid dienone is 3. The van der Waals surface area contributed by atoms with Crippen molar-refractivity contribution in [3.05, 3.63) is 58.8 Å². The molecule has 1 aliphatic rings. The lowest BCUT2D eigenvalue weighted by Crippen LogP contribution is -2.17. The van der Waals surface area contributed by atoms with Gasteiger partial charge in [0.15, 0.2) is 0 Å². The van der Waals surface area contributed by atoms with Crippen LogP contribution in [0.15, 0.2) is 53.3 Å². The Labute approximate surface area is 131 Å². The summed E-state index contributed by atoms with van der Waals surface area (Å²) in [5.74, 6) is -0.527. The molecule has 2 rings (SSSR count). The number of ether oxygens (including phenoxy) is 1. The molecule has 0 aromatic heterocycles. The van der Waals surface area contributed by atoms with Gasteiger partial charge < -0.3 is 10.1 Å². The summed E-state index contributed by atoms with van der Waals surface area (Å²) in [6, 6.07) is 12.1. The van der Waals surface area contributed by atoms with Crippen molar-refractivity contribution < 1.29 is 9.53 Å². The standard InChI is InChI=1S/C18H20N2O2/c1-2-22-18(21)17(12-19)15-9-6-10-16(11-15)20-13-14-7-4-3-5-8-14/h3-5,7-8,11,20H,2,6,9-10,13H2,1H3/b17-15-. The Bertz CT molecular complexity index is 624. The van der Waals surface area contributed by atoms with E-state index >= 15 is 0 Å². The highest BCUT2D eigenvalue weighted by molar-refractivity contribution is 5.94. The monoisotopic (exact) mass is 296 g/mol. The van der Waals surface area contributed by atoms with Crippen molar-refractivity contribution in [2.24, 2.45) is 0 Å². The molecule has 114 valence electrons. The van der Waals surface area contributed by atoms with Gasteiger partial charge in [0, 0.05) is 12.2 Å². The van der Waals surface area contributed by atoms with Crippen LogP contribution in [0, 0.1) is 11.3 Å². The summed E-state index contributed by atoms with van der Waals surface area (Å²) in [5, 5.41) is 12.6. The molecule has 1 aliphatic carbocycles. The molecule has 4 nitrogen and oxygen atoms in total. The molecule has 4 heteroatoms. The fourth-order valence-electron chi connectivity index (χ4n) is 2.42. The first-order chi connectivity index (χ1) is 10.7. The topological polar surface area (TPSA) is 62.1 Å². The van der Waals surface area contributed by atoms with Crippen LogP contribution >= 0.6 is 0 Å². The molecule has 0 unspecified atom stereocenters. The summed E-state index contributed by atoms with van der Waals surface area (Å²) >= 11 is 0. The minimum absolute atomic E-state index is 0.126. The molecule has 0 fully saturated rings. The van der Waals surface area contributed by atoms with Crippen LogP contribution in [0.2, 0.25) is 0 Å². The van der Waals surface area contributed by atoms with Gasteiger partial charge in [-0.15, -0.1) is 0 Å². The van der Waals surface area contributed by atoms with Crippen molar-refractivity contribution >= 4 is 5.97 Å². The maximum atomic E-state index is 11.8. The van der Waals surface area contributed by atoms with Crippen molar-refractivity contribution in [2.45, 2.75) is 32.7 Å². The largest absolute Gasteiger partial charge is 0.462 e. The number of nitriles is 1. The van der Waals surface area contributed by atoms with Gasteiger partial charge in [-0.2, -0.15) is 5.26 Å². The van der Waals surface area contributed by atoms with Crippen molar-refractivity contribution in [1.29, 1.82) is 5.26 Å². The fraction of sp³-hybridized carbons (Fsp3) is 0.333. The lowest BCUT2D eigenvalue weighted by Gasteiger charge is -2.18. The van der Waals surface area contributed by atoms with E-state index in [2.05, 4.69) is 17.4 Å². The van der Waals surface area contributed by atoms with Crippen LogP contribution in [0.5, 0.6) is 0 Å². The van der Waals surface area contributed by atoms with E-state index in [9.17, 15) is 10.1 Å². The minimum atomic E-state index is -0.527. The lowest BCUT2D eigenvalue weighted by atomic mass is 9.95. The summed E-state index contributed by atoms with van der Waals surface area (Å²) in [5.41, 5.74) is 3.15. The summed E-state index contributed by atoms with van der Waals surface area (Å²) < 4.78 is 4.94. The average Bonchev–Trinajstić information content (AvgIpc) is 2.55. The number of nitrogens with one attached hydrogen (secondary N) is 1. The number of rotatable bonds is 5. The van der Waals surface area contributed by atoms with Crippen LogP contribution in [0.4, 0.5) is 0 Å². The zero-order valence-electron chi connectivity index (χ0n) is 12.8. The number of carbonyl (C=O) groups excluding carboxylic acids is 1. The molecule has 22 heavy (non-hydrogen) atoms. The Morgan fingerprint density at radius 2 is 2.09 bits per heavy atom. The molecule has 0 saturated carbocycles. The predicted octanol–water partition coefficient (Wildman–Crippen LogP) is 3.23. The van der Waals surface area contributed by atoms with Crippen LogP contribution in [-0.4, -0.2) is 12.6 Å². The van der Waals surface area contributed by atoms with E-state index in [4.69, 9.17) is 4.74 Å². The predicted molar refractivity (Wildman–Crippen MR) is 84.5 cm³/mol. The molecule has 0 radical (unpaired) electrons. The highest BCUT2D eigenvalue weighted by atomic mass is 16.5. The Hall–Kier alpha value is -2.54. The molecule has 1 aromatic rings. The third kappa shape index (κ3) is 4.23. The molecule has 0 heterocycles. The third-order valence-corrected chi connectivity index (χ3v) is 3.52. The average molecular weight is 296 g/mol. The van der Waals surface area contributed by atoms with Gasteiger partial charge in [-0.05, 0) is 43.4 Å². The molecule has 1 N–H and O–H groups in total. The smallest absolute Gasteiger partial charge is 0.349 e. The van der Waals surface area contributed by atoms with E-state index in [0.29, 0.717) is 0 Å². The summed E-state index contributed by atoms with van der Waals surface area (Å²) in [6.07, 6.45) is 4.51. The molecular weight excluding hydrogens is 276 g/mol. The highest BCUT2D eigenvalue weighted by Gasteiger charge is 2.18. The van der Waals surface area contributed by atoms with Gasteiger partial charge in [0.05, 0.1) is 6.61 Å². The summed E-state index contributed by atoms with van der Waals surface area (Å²) in [4.78, 5) is 11.8. The van der Waals surface area contributed by atoms with Gasteiger partial charge in [-0.3, -0.25) is 0 Å². The Kier molecular flexibility index (Phi) is 5.79. The third-order valence-electron chi connectivity index (χ3n) is 3.52. The number of benzene rings is 1. The van der Waals surface area contributed by atoms with E-state index in [1.165, 1.54) is 5.56 Å². The summed E-state index contributed by atoms with van der Waals surface area (Å²) in [7, 11) is 0. The minimum Gasteiger partial charge on any atom is -0.462 e. The molecule has 0 atom stereocenters. The van der Waals surface area contributed by atoms with Crippen LogP contribution in [-0.2, 0) is 16.1 Å². The second kappa shape index (κ2) is 8.04. The van der Waals surface area contributed by atoms with Crippen molar-refractivity contribution in [3.8, 4) is 6.07 Å². The maximum absolute atomic E-state index is 11.8. The molecule has 0 aliphatic heterocycles. The first-order valence-electron chi connectivity index (χ1n) is 7.53. The zero-order valence-corrected chi connectivity index (χ0v) is 12.8. The molecule has 0 bridgehead atoms. The number of hydrogen-bond donors (Lipinski definition) is 1. The van der Waals surface area contributed by atoms with E-state index < -0.39 is 5.97 Å². The van der Waals surface area contributed by atoms with Gasteiger partial charge in [-0.25, -0.2) is 4.79 Å². The van der Waals surface area contributed by atoms with E-state index in [0.717, 1.165) is 37.1 Å². The molecule has 1 aromatic carbocycles. The number of hydrogen-bond acceptors (Lipinski definition) is 4. The van der Waals surface area contributed by atoms with Crippen molar-refractivity contribution in [3.63, 3.8) is 0 Å². The summed E-state index contributed by atoms with van der Waals surface area (Å²) in [6.45, 7) is 2.75. The second-order valence-corrected chi connectivity index (χ2v) is 5.09. The zero-order chi connectivity index (χ0) is 15.8. The first kappa shape index (κ1) is 15.8. The second-order valence-electron chi connectivity index (χ2n) is 5.09. The Morgan fingerprint density at radius 3 is 2.77 bits per heavy atom. The van der Waals surface area contributed by atoms with Crippen LogP contribution in [0.3, 0.4) is 0 Å². The molecule has 0 amide bonds. The number of carbonyl (C=O) groups is 1. The first-order valence-corrected chi connectivity index (χ1v) is 7.53. The fourth-order valence-corrected chi connectivity index (χ4v) is 2.42. The normalized spacial score (nSPS) is 16.3. The van der Waals surface area contributed by atoms with E-state index in [-0.39, 0.29) is 12.2 Å². The van der Waals surface area contributed by atoms with Crippen molar-refractivity contribution in [2.75, 3.05) is 6.61 Å². The quantitative estimate of drug-likeness (QED) is 0.515. The number of esters is 1. The van der Waals surface area contributed by atoms with Crippen LogP contribution in [0.25, 0.3) is 0 Å². The Morgan fingerprint density at radius 1 is 1.32 bits per heavy atom. The maximum Gasteiger partial charge on any atom is 0.349 e. The van der Waals surface area contributed by atoms with E-state index in [1.807, 2.05) is 30.3 Å². The Balaban J connectivity index is 2.11. The van der Waals surface area contributed by atoms with Crippen molar-refractivity contribution in [1.82, 2.24) is 5.32 Å². The van der Waals surface area contributed by atoms with Crippen LogP contribution < -0.4 is 5.32 Å². The lowest BCUT2D eigenvalue weighted by molar-refractivity contribution is -0.138. The van der Waals surface area contributed by atoms with Crippen LogP contribution in [0.1, 0.15) is 31.7 Å². The van der Waals surface area contributed by atoms with E-state index in [1.54, 1.807) is 6.92 Å². The molecule has 0 spiro atoms. The van der Waals surface area contributed by atoms with Gasteiger partial charge in [0.2, 0.25) is 0 Å². The van der Waals surface area contributed by atoms with Gasteiger partial charge in [-0.1, -0.05) is 30.3 Å². The number of nitrogens with zero attached hydrogens (tertiary/aromatic N) is 1. The van der Waals surface area contributed by atoms with Gasteiger partial charge in [0.25, 0.3) is 0 Å². The van der Waals surface area contributed by atoms with Gasteiger partial charge >= 0.3 is 5.97 Å². The molecular formula is C18H20N2O2. The van der Waals surface area contributed by atoms with Gasteiger partial charge in [0.1, 0.15) is 11.6 Å².